The molecule has 2 N–H and O–H groups in total. The first-order valence-electron chi connectivity index (χ1n) is 7.48. The summed E-state index contributed by atoms with van der Waals surface area (Å²) in [5, 5.41) is 20.3. The third kappa shape index (κ3) is 2.44. The Kier molecular flexibility index (Phi) is 3.81. The Morgan fingerprint density at radius 3 is 2.20 bits per heavy atom. The van der Waals surface area contributed by atoms with Crippen LogP contribution in [0, 0.1) is 32.8 Å². The number of hydrogen-bond donors (Lipinski definition) is 1. The zero-order chi connectivity index (χ0) is 18.2. The number of primary amides is 1. The van der Waals surface area contributed by atoms with Gasteiger partial charge in [0.1, 0.15) is 0 Å². The summed E-state index contributed by atoms with van der Waals surface area (Å²) in [4.78, 5) is 35.0. The molecule has 0 bridgehead atoms. The van der Waals surface area contributed by atoms with Crippen LogP contribution in [0.15, 0.2) is 54.6 Å². The van der Waals surface area contributed by atoms with Crippen LogP contribution in [-0.2, 0) is 4.79 Å². The minimum atomic E-state index is -1.64. The number of rotatable bonds is 5. The molecule has 1 saturated carbocycles. The topological polar surface area (TPSA) is 127 Å². The van der Waals surface area contributed by atoms with Gasteiger partial charge in [0.2, 0.25) is 5.91 Å². The fourth-order valence-corrected chi connectivity index (χ4v) is 3.29. The number of non-ortho nitro benzene ring substituents is 1. The highest BCUT2D eigenvalue weighted by Crippen LogP contribution is 2.65. The lowest BCUT2D eigenvalue weighted by Crippen LogP contribution is -2.27. The van der Waals surface area contributed by atoms with Crippen LogP contribution in [0.4, 0.5) is 5.69 Å². The molecule has 2 aromatic carbocycles. The number of carbonyl (C=O) groups excluding carboxylic acids is 2. The van der Waals surface area contributed by atoms with Crippen molar-refractivity contribution in [2.24, 2.45) is 17.1 Å². The van der Waals surface area contributed by atoms with Crippen LogP contribution < -0.4 is 5.73 Å². The molecule has 124 valence electrons. The summed E-state index contributed by atoms with van der Waals surface area (Å²) < 4.78 is 0. The molecule has 0 heterocycles. The number of nitro groups is 1. The van der Waals surface area contributed by atoms with Crippen LogP contribution in [0.2, 0.25) is 0 Å². The van der Waals surface area contributed by atoms with E-state index in [1.165, 1.54) is 24.3 Å². The summed E-state index contributed by atoms with van der Waals surface area (Å²) in [6, 6.07) is 15.7. The Morgan fingerprint density at radius 2 is 1.72 bits per heavy atom. The average Bonchev–Trinajstić information content (AvgIpc) is 3.32. The van der Waals surface area contributed by atoms with E-state index >= 15 is 0 Å². The molecule has 1 amide bonds. The summed E-state index contributed by atoms with van der Waals surface area (Å²) >= 11 is 0. The molecule has 1 aliphatic rings. The number of Topliss-reactive ketones (excluding diaryl/α,β-unsaturated/α-hetero) is 1. The molecule has 7 nitrogen and oxygen atoms in total. The Bertz CT molecular complexity index is 902. The minimum absolute atomic E-state index is 0.114. The van der Waals surface area contributed by atoms with Gasteiger partial charge in [0.25, 0.3) is 5.69 Å². The Hall–Kier alpha value is -3.53. The lowest BCUT2D eigenvalue weighted by atomic mass is 9.98. The Morgan fingerprint density at radius 1 is 1.12 bits per heavy atom. The SMILES string of the molecule is N#C[C@@]1(C(N)=O)[C@H](C(=O)c2ccccc2)[C@H]1c1ccc([N+](=O)[O-])cc1. The van der Waals surface area contributed by atoms with Gasteiger partial charge in [-0.2, -0.15) is 5.26 Å². The Balaban J connectivity index is 2.02. The second kappa shape index (κ2) is 5.83. The maximum absolute atomic E-state index is 12.8. The maximum atomic E-state index is 12.8. The van der Waals surface area contributed by atoms with E-state index in [4.69, 9.17) is 5.73 Å². The van der Waals surface area contributed by atoms with E-state index in [2.05, 4.69) is 0 Å². The highest BCUT2D eigenvalue weighted by atomic mass is 16.6. The van der Waals surface area contributed by atoms with Crippen molar-refractivity contribution in [1.29, 1.82) is 5.26 Å². The highest BCUT2D eigenvalue weighted by molar-refractivity contribution is 6.08. The molecule has 1 fully saturated rings. The normalized spacial score (nSPS) is 24.1. The molecular formula is C18H13N3O4. The van der Waals surface area contributed by atoms with Gasteiger partial charge in [0.05, 0.1) is 16.9 Å². The van der Waals surface area contributed by atoms with Crippen LogP contribution in [0.25, 0.3) is 0 Å². The van der Waals surface area contributed by atoms with Crippen molar-refractivity contribution in [2.75, 3.05) is 0 Å². The summed E-state index contributed by atoms with van der Waals surface area (Å²) in [6.07, 6.45) is 0. The van der Waals surface area contributed by atoms with Crippen LogP contribution in [0.5, 0.6) is 0 Å². The Labute approximate surface area is 142 Å². The number of nitrogens with two attached hydrogens (primary N) is 1. The van der Waals surface area contributed by atoms with E-state index in [-0.39, 0.29) is 11.5 Å². The van der Waals surface area contributed by atoms with E-state index in [1.807, 2.05) is 6.07 Å². The van der Waals surface area contributed by atoms with Gasteiger partial charge in [0, 0.05) is 23.6 Å². The third-order valence-electron chi connectivity index (χ3n) is 4.60. The van der Waals surface area contributed by atoms with E-state index in [0.717, 1.165) is 0 Å². The van der Waals surface area contributed by atoms with Gasteiger partial charge in [-0.25, -0.2) is 0 Å². The largest absolute Gasteiger partial charge is 0.368 e. The summed E-state index contributed by atoms with van der Waals surface area (Å²) in [5.74, 6) is -2.83. The summed E-state index contributed by atoms with van der Waals surface area (Å²) in [7, 11) is 0. The van der Waals surface area contributed by atoms with Crippen LogP contribution in [-0.4, -0.2) is 16.6 Å². The number of hydrogen-bond acceptors (Lipinski definition) is 5. The van der Waals surface area contributed by atoms with Crippen LogP contribution in [0.3, 0.4) is 0 Å². The maximum Gasteiger partial charge on any atom is 0.269 e. The number of amides is 1. The smallest absolute Gasteiger partial charge is 0.269 e. The van der Waals surface area contributed by atoms with Gasteiger partial charge in [-0.05, 0) is 5.56 Å². The fraction of sp³-hybridized carbons (Fsp3) is 0.167. The number of carbonyl (C=O) groups is 2. The van der Waals surface area contributed by atoms with E-state index < -0.39 is 28.1 Å². The number of benzene rings is 2. The monoisotopic (exact) mass is 335 g/mol. The van der Waals surface area contributed by atoms with Gasteiger partial charge in [-0.3, -0.25) is 19.7 Å². The zero-order valence-electron chi connectivity index (χ0n) is 13.0. The van der Waals surface area contributed by atoms with Crippen molar-refractivity contribution < 1.29 is 14.5 Å². The molecule has 0 spiro atoms. The van der Waals surface area contributed by atoms with Crippen molar-refractivity contribution in [3.8, 4) is 6.07 Å². The van der Waals surface area contributed by atoms with Crippen molar-refractivity contribution in [3.63, 3.8) is 0 Å². The van der Waals surface area contributed by atoms with Gasteiger partial charge < -0.3 is 5.73 Å². The first-order valence-corrected chi connectivity index (χ1v) is 7.48. The molecule has 0 radical (unpaired) electrons. The minimum Gasteiger partial charge on any atom is -0.368 e. The van der Waals surface area contributed by atoms with Gasteiger partial charge >= 0.3 is 0 Å². The van der Waals surface area contributed by atoms with E-state index in [9.17, 15) is 25.0 Å². The van der Waals surface area contributed by atoms with Gasteiger partial charge in [-0.1, -0.05) is 42.5 Å². The number of nitrogens with zero attached hydrogens (tertiary/aromatic N) is 2. The summed E-state index contributed by atoms with van der Waals surface area (Å²) in [6.45, 7) is 0. The molecule has 0 aliphatic heterocycles. The molecule has 0 saturated heterocycles. The quantitative estimate of drug-likeness (QED) is 0.509. The van der Waals surface area contributed by atoms with Gasteiger partial charge in [0.15, 0.2) is 11.2 Å². The number of nitro benzene ring substituents is 1. The molecular weight excluding hydrogens is 322 g/mol. The summed E-state index contributed by atoms with van der Waals surface area (Å²) in [5.41, 5.74) is 4.57. The molecule has 0 aromatic heterocycles. The molecule has 2 aromatic rings. The molecule has 1 aliphatic carbocycles. The van der Waals surface area contributed by atoms with E-state index in [1.54, 1.807) is 30.3 Å². The second-order valence-electron chi connectivity index (χ2n) is 5.88. The van der Waals surface area contributed by atoms with Crippen molar-refractivity contribution in [1.82, 2.24) is 0 Å². The highest BCUT2D eigenvalue weighted by Gasteiger charge is 2.73. The zero-order valence-corrected chi connectivity index (χ0v) is 13.0. The molecule has 3 rings (SSSR count). The first-order chi connectivity index (χ1) is 11.9. The molecule has 0 unspecified atom stereocenters. The van der Waals surface area contributed by atoms with Crippen molar-refractivity contribution >= 4 is 17.4 Å². The van der Waals surface area contributed by atoms with E-state index in [0.29, 0.717) is 11.1 Å². The first kappa shape index (κ1) is 16.3. The second-order valence-corrected chi connectivity index (χ2v) is 5.88. The van der Waals surface area contributed by atoms with Crippen LogP contribution >= 0.6 is 0 Å². The van der Waals surface area contributed by atoms with Crippen molar-refractivity contribution in [3.05, 3.63) is 75.8 Å². The lowest BCUT2D eigenvalue weighted by Gasteiger charge is -2.03. The van der Waals surface area contributed by atoms with Crippen LogP contribution in [0.1, 0.15) is 21.8 Å². The molecule has 7 heteroatoms. The number of ketones is 1. The number of nitriles is 1. The predicted octanol–water partition coefficient (Wildman–Crippen LogP) is 2.19. The molecule has 25 heavy (non-hydrogen) atoms. The standard InChI is InChI=1S/C18H13N3O4/c19-10-18(17(20)23)14(11-6-8-13(9-7-11)21(24)25)15(18)16(22)12-4-2-1-3-5-12/h1-9,14-15H,(H2,20,23)/t14-,15+,18+/m1/s1. The fourth-order valence-electron chi connectivity index (χ4n) is 3.29. The third-order valence-corrected chi connectivity index (χ3v) is 4.60. The lowest BCUT2D eigenvalue weighted by molar-refractivity contribution is -0.384. The average molecular weight is 335 g/mol. The van der Waals surface area contributed by atoms with Gasteiger partial charge in [-0.15, -0.1) is 0 Å². The van der Waals surface area contributed by atoms with Crippen molar-refractivity contribution in [2.45, 2.75) is 5.92 Å². The molecule has 3 atom stereocenters. The predicted molar refractivity (Wildman–Crippen MR) is 87.3 cm³/mol.